The standard InChI is InChI=1S/C13H22N2O6/c1-4-14(6-11(18)20-5-2)12(19)15-8-13(3,9-15)21-7-10(16)17/h4-9H2,1-3H3,(H,16,17). The molecule has 1 aliphatic rings. The normalized spacial score (nSPS) is 16.0. The molecule has 1 fully saturated rings. The molecule has 1 rings (SSSR count). The maximum atomic E-state index is 12.2. The SMILES string of the molecule is CCOC(=O)CN(CC)C(=O)N1CC(C)(OCC(=O)O)C1. The van der Waals surface area contributed by atoms with Gasteiger partial charge in [0.25, 0.3) is 0 Å². The molecule has 8 heteroatoms. The lowest BCUT2D eigenvalue weighted by Gasteiger charge is -2.48. The van der Waals surface area contributed by atoms with Gasteiger partial charge in [0.2, 0.25) is 0 Å². The molecule has 0 aliphatic carbocycles. The van der Waals surface area contributed by atoms with Crippen LogP contribution in [0.5, 0.6) is 0 Å². The first-order chi connectivity index (χ1) is 9.81. The second-order valence-electron chi connectivity index (χ2n) is 5.09. The largest absolute Gasteiger partial charge is 0.480 e. The van der Waals surface area contributed by atoms with Crippen LogP contribution in [0.3, 0.4) is 0 Å². The van der Waals surface area contributed by atoms with Gasteiger partial charge in [-0.2, -0.15) is 0 Å². The topological polar surface area (TPSA) is 96.4 Å². The van der Waals surface area contributed by atoms with E-state index in [4.69, 9.17) is 14.6 Å². The molecule has 21 heavy (non-hydrogen) atoms. The van der Waals surface area contributed by atoms with E-state index >= 15 is 0 Å². The summed E-state index contributed by atoms with van der Waals surface area (Å²) in [4.78, 5) is 37.0. The molecule has 2 amide bonds. The summed E-state index contributed by atoms with van der Waals surface area (Å²) in [6.07, 6.45) is 0. The number of carbonyl (C=O) groups is 3. The van der Waals surface area contributed by atoms with Gasteiger partial charge in [-0.25, -0.2) is 9.59 Å². The summed E-state index contributed by atoms with van der Waals surface area (Å²) in [6.45, 7) is 6.02. The average molecular weight is 302 g/mol. The van der Waals surface area contributed by atoms with Gasteiger partial charge in [-0.05, 0) is 20.8 Å². The van der Waals surface area contributed by atoms with Crippen LogP contribution in [0, 0.1) is 0 Å². The summed E-state index contributed by atoms with van der Waals surface area (Å²) in [5.74, 6) is -1.49. The van der Waals surface area contributed by atoms with E-state index in [-0.39, 0.29) is 19.2 Å². The van der Waals surface area contributed by atoms with Crippen molar-refractivity contribution in [2.75, 3.05) is 39.4 Å². The number of rotatable bonds is 7. The van der Waals surface area contributed by atoms with Crippen molar-refractivity contribution < 1.29 is 29.0 Å². The third kappa shape index (κ3) is 4.89. The van der Waals surface area contributed by atoms with Crippen LogP contribution < -0.4 is 0 Å². The zero-order valence-corrected chi connectivity index (χ0v) is 12.6. The molecule has 1 N–H and O–H groups in total. The van der Waals surface area contributed by atoms with E-state index in [1.165, 1.54) is 9.80 Å². The minimum Gasteiger partial charge on any atom is -0.480 e. The number of hydrogen-bond acceptors (Lipinski definition) is 5. The van der Waals surface area contributed by atoms with E-state index in [9.17, 15) is 14.4 Å². The predicted octanol–water partition coefficient (Wildman–Crippen LogP) is 0.167. The fraction of sp³-hybridized carbons (Fsp3) is 0.769. The number of amides is 2. The van der Waals surface area contributed by atoms with E-state index in [2.05, 4.69) is 0 Å². The minimum absolute atomic E-state index is 0.0909. The summed E-state index contributed by atoms with van der Waals surface area (Å²) in [5, 5.41) is 8.58. The van der Waals surface area contributed by atoms with Crippen LogP contribution in [0.25, 0.3) is 0 Å². The van der Waals surface area contributed by atoms with Gasteiger partial charge in [0.05, 0.1) is 19.7 Å². The van der Waals surface area contributed by atoms with Crippen LogP contribution in [0.1, 0.15) is 20.8 Å². The molecule has 0 radical (unpaired) electrons. The van der Waals surface area contributed by atoms with Crippen molar-refractivity contribution in [2.45, 2.75) is 26.4 Å². The van der Waals surface area contributed by atoms with Gasteiger partial charge in [-0.1, -0.05) is 0 Å². The van der Waals surface area contributed by atoms with E-state index < -0.39 is 24.1 Å². The lowest BCUT2D eigenvalue weighted by Crippen LogP contribution is -2.65. The van der Waals surface area contributed by atoms with E-state index in [0.717, 1.165) is 0 Å². The molecule has 0 atom stereocenters. The van der Waals surface area contributed by atoms with Gasteiger partial charge < -0.3 is 24.4 Å². The monoisotopic (exact) mass is 302 g/mol. The highest BCUT2D eigenvalue weighted by molar-refractivity contribution is 5.81. The van der Waals surface area contributed by atoms with Crippen molar-refractivity contribution in [3.05, 3.63) is 0 Å². The first kappa shape index (κ1) is 17.2. The summed E-state index contributed by atoms with van der Waals surface area (Å²) in [7, 11) is 0. The highest BCUT2D eigenvalue weighted by atomic mass is 16.5. The quantitative estimate of drug-likeness (QED) is 0.673. The van der Waals surface area contributed by atoms with Crippen molar-refractivity contribution in [1.29, 1.82) is 0 Å². The van der Waals surface area contributed by atoms with Gasteiger partial charge in [-0.15, -0.1) is 0 Å². The van der Waals surface area contributed by atoms with Crippen molar-refractivity contribution in [1.82, 2.24) is 9.80 Å². The summed E-state index contributed by atoms with van der Waals surface area (Å²) in [6, 6.07) is -0.276. The average Bonchev–Trinajstić information content (AvgIpc) is 2.39. The Labute approximate surface area is 123 Å². The minimum atomic E-state index is -1.04. The number of ether oxygens (including phenoxy) is 2. The molecule has 1 saturated heterocycles. The molecular weight excluding hydrogens is 280 g/mol. The fourth-order valence-electron chi connectivity index (χ4n) is 2.10. The Morgan fingerprint density at radius 2 is 1.90 bits per heavy atom. The van der Waals surface area contributed by atoms with Crippen LogP contribution in [-0.4, -0.2) is 77.9 Å². The van der Waals surface area contributed by atoms with Gasteiger partial charge in [0.15, 0.2) is 0 Å². The summed E-state index contributed by atoms with van der Waals surface area (Å²) < 4.78 is 10.1. The Balaban J connectivity index is 2.45. The van der Waals surface area contributed by atoms with Gasteiger partial charge >= 0.3 is 18.0 Å². The Morgan fingerprint density at radius 1 is 1.29 bits per heavy atom. The number of carboxylic acids is 1. The Kier molecular flexibility index (Phi) is 5.95. The van der Waals surface area contributed by atoms with E-state index in [0.29, 0.717) is 19.6 Å². The smallest absolute Gasteiger partial charge is 0.329 e. The molecule has 0 aromatic heterocycles. The van der Waals surface area contributed by atoms with Gasteiger partial charge in [-0.3, -0.25) is 4.79 Å². The molecule has 1 heterocycles. The number of aliphatic carboxylic acids is 1. The van der Waals surface area contributed by atoms with Crippen LogP contribution in [-0.2, 0) is 19.1 Å². The number of nitrogens with zero attached hydrogens (tertiary/aromatic N) is 2. The Bertz CT molecular complexity index is 405. The molecule has 0 bridgehead atoms. The highest BCUT2D eigenvalue weighted by Crippen LogP contribution is 2.25. The van der Waals surface area contributed by atoms with Gasteiger partial charge in [0.1, 0.15) is 18.8 Å². The van der Waals surface area contributed by atoms with E-state index in [1.807, 2.05) is 0 Å². The fourth-order valence-corrected chi connectivity index (χ4v) is 2.10. The number of likely N-dealkylation sites (N-methyl/N-ethyl adjacent to an activating group) is 1. The van der Waals surface area contributed by atoms with Crippen molar-refractivity contribution >= 4 is 18.0 Å². The number of carbonyl (C=O) groups excluding carboxylic acids is 2. The molecular formula is C13H22N2O6. The van der Waals surface area contributed by atoms with Crippen LogP contribution >= 0.6 is 0 Å². The maximum absolute atomic E-state index is 12.2. The zero-order valence-electron chi connectivity index (χ0n) is 12.6. The zero-order chi connectivity index (χ0) is 16.0. The number of urea groups is 1. The third-order valence-corrected chi connectivity index (χ3v) is 3.14. The first-order valence-corrected chi connectivity index (χ1v) is 6.86. The van der Waals surface area contributed by atoms with Crippen LogP contribution in [0.4, 0.5) is 4.79 Å². The van der Waals surface area contributed by atoms with Gasteiger partial charge in [0, 0.05) is 6.54 Å². The number of hydrogen-bond donors (Lipinski definition) is 1. The summed E-state index contributed by atoms with van der Waals surface area (Å²) in [5.41, 5.74) is -0.641. The molecule has 120 valence electrons. The van der Waals surface area contributed by atoms with E-state index in [1.54, 1.807) is 20.8 Å². The first-order valence-electron chi connectivity index (χ1n) is 6.86. The molecule has 0 spiro atoms. The molecule has 1 aliphatic heterocycles. The number of esters is 1. The maximum Gasteiger partial charge on any atom is 0.329 e. The molecule has 8 nitrogen and oxygen atoms in total. The lowest BCUT2D eigenvalue weighted by atomic mass is 9.97. The second-order valence-corrected chi connectivity index (χ2v) is 5.09. The third-order valence-electron chi connectivity index (χ3n) is 3.14. The van der Waals surface area contributed by atoms with Crippen molar-refractivity contribution in [3.63, 3.8) is 0 Å². The van der Waals surface area contributed by atoms with Crippen molar-refractivity contribution in [2.24, 2.45) is 0 Å². The Hall–Kier alpha value is -1.83. The lowest BCUT2D eigenvalue weighted by molar-refractivity contribution is -0.160. The van der Waals surface area contributed by atoms with Crippen LogP contribution in [0.15, 0.2) is 0 Å². The molecule has 0 aromatic carbocycles. The highest BCUT2D eigenvalue weighted by Gasteiger charge is 2.44. The van der Waals surface area contributed by atoms with Crippen LogP contribution in [0.2, 0.25) is 0 Å². The molecule has 0 aromatic rings. The number of likely N-dealkylation sites (tertiary alicyclic amines) is 1. The van der Waals surface area contributed by atoms with Crippen molar-refractivity contribution in [3.8, 4) is 0 Å². The summed E-state index contributed by atoms with van der Waals surface area (Å²) >= 11 is 0. The number of carboxylic acid groups (broad SMARTS) is 1. The Morgan fingerprint density at radius 3 is 2.38 bits per heavy atom. The molecule has 0 saturated carbocycles. The second kappa shape index (κ2) is 7.26. The predicted molar refractivity (Wildman–Crippen MR) is 72.8 cm³/mol. The molecule has 0 unspecified atom stereocenters.